The number of nitriles is 1. The van der Waals surface area contributed by atoms with Crippen LogP contribution < -0.4 is 10.2 Å². The Balaban J connectivity index is 2.56. The van der Waals surface area contributed by atoms with E-state index in [4.69, 9.17) is 5.26 Å². The zero-order chi connectivity index (χ0) is 11.5. The normalized spacial score (nSPS) is 10.7. The van der Waals surface area contributed by atoms with Gasteiger partial charge < -0.3 is 10.3 Å². The minimum absolute atomic E-state index is 0.154. The molecule has 0 atom stereocenters. The zero-order valence-corrected chi connectivity index (χ0v) is 9.27. The molecule has 0 saturated carbocycles. The number of amides is 1. The van der Waals surface area contributed by atoms with E-state index in [0.717, 1.165) is 11.3 Å². The van der Waals surface area contributed by atoms with Crippen molar-refractivity contribution < 1.29 is 4.79 Å². The average Bonchev–Trinajstić information content (AvgIpc) is 2.60. The molecule has 1 aromatic rings. The number of carbonyl (C=O) groups is 1. The summed E-state index contributed by atoms with van der Waals surface area (Å²) < 4.78 is 0. The highest BCUT2D eigenvalue weighted by Crippen LogP contribution is 2.12. The molecular formula is C9H11N3O2S. The molecule has 0 unspecified atom stereocenters. The van der Waals surface area contributed by atoms with Gasteiger partial charge in [0.1, 0.15) is 5.41 Å². The molecule has 0 spiro atoms. The molecule has 15 heavy (non-hydrogen) atoms. The number of nitrogens with one attached hydrogen (secondary N) is 2. The molecule has 0 aliphatic rings. The maximum absolute atomic E-state index is 11.5. The second kappa shape index (κ2) is 4.28. The molecule has 0 aliphatic heterocycles. The van der Waals surface area contributed by atoms with E-state index in [1.165, 1.54) is 0 Å². The fourth-order valence-corrected chi connectivity index (χ4v) is 1.43. The van der Waals surface area contributed by atoms with Crippen LogP contribution in [-0.4, -0.2) is 10.9 Å². The van der Waals surface area contributed by atoms with Gasteiger partial charge in [-0.1, -0.05) is 11.3 Å². The molecule has 1 rings (SSSR count). The van der Waals surface area contributed by atoms with E-state index in [1.54, 1.807) is 19.2 Å². The predicted octanol–water partition coefficient (Wildman–Crippen LogP) is 0.602. The van der Waals surface area contributed by atoms with E-state index < -0.39 is 5.41 Å². The van der Waals surface area contributed by atoms with Crippen LogP contribution in [0.1, 0.15) is 19.5 Å². The summed E-state index contributed by atoms with van der Waals surface area (Å²) in [7, 11) is 0. The fourth-order valence-electron chi connectivity index (χ4n) is 0.848. The third-order valence-corrected chi connectivity index (χ3v) is 2.58. The van der Waals surface area contributed by atoms with E-state index in [1.807, 2.05) is 6.07 Å². The van der Waals surface area contributed by atoms with Gasteiger partial charge in [0.2, 0.25) is 5.91 Å². The molecule has 0 aromatic carbocycles. The largest absolute Gasteiger partial charge is 0.349 e. The van der Waals surface area contributed by atoms with Crippen molar-refractivity contribution in [2.75, 3.05) is 0 Å². The van der Waals surface area contributed by atoms with Crippen LogP contribution >= 0.6 is 11.3 Å². The lowest BCUT2D eigenvalue weighted by atomic mass is 9.95. The third-order valence-electron chi connectivity index (χ3n) is 1.86. The fraction of sp³-hybridized carbons (Fsp3) is 0.444. The summed E-state index contributed by atoms with van der Waals surface area (Å²) in [4.78, 5) is 24.7. The van der Waals surface area contributed by atoms with Crippen LogP contribution in [0.3, 0.4) is 0 Å². The molecule has 1 amide bonds. The zero-order valence-electron chi connectivity index (χ0n) is 8.46. The molecule has 0 fully saturated rings. The Morgan fingerprint density at radius 3 is 2.87 bits per heavy atom. The van der Waals surface area contributed by atoms with Crippen molar-refractivity contribution in [1.82, 2.24) is 10.3 Å². The summed E-state index contributed by atoms with van der Waals surface area (Å²) in [6, 6.07) is 1.90. The van der Waals surface area contributed by atoms with Gasteiger partial charge in [-0.05, 0) is 13.8 Å². The van der Waals surface area contributed by atoms with Crippen molar-refractivity contribution in [1.29, 1.82) is 5.26 Å². The molecular weight excluding hydrogens is 214 g/mol. The summed E-state index contributed by atoms with van der Waals surface area (Å²) in [6.45, 7) is 3.32. The van der Waals surface area contributed by atoms with Crippen molar-refractivity contribution in [3.63, 3.8) is 0 Å². The van der Waals surface area contributed by atoms with Gasteiger partial charge >= 0.3 is 4.87 Å². The lowest BCUT2D eigenvalue weighted by Crippen LogP contribution is -2.35. The van der Waals surface area contributed by atoms with Gasteiger partial charge in [0.05, 0.1) is 12.6 Å². The quantitative estimate of drug-likeness (QED) is 0.790. The number of nitrogens with zero attached hydrogens (tertiary/aromatic N) is 1. The second-order valence-electron chi connectivity index (χ2n) is 3.59. The van der Waals surface area contributed by atoms with Crippen molar-refractivity contribution in [3.8, 4) is 6.07 Å². The van der Waals surface area contributed by atoms with Gasteiger partial charge in [-0.15, -0.1) is 0 Å². The number of thiazole rings is 1. The Morgan fingerprint density at radius 1 is 1.73 bits per heavy atom. The highest BCUT2D eigenvalue weighted by atomic mass is 32.1. The van der Waals surface area contributed by atoms with Crippen molar-refractivity contribution >= 4 is 17.2 Å². The molecule has 80 valence electrons. The smallest absolute Gasteiger partial charge is 0.304 e. The maximum Gasteiger partial charge on any atom is 0.304 e. The minimum atomic E-state index is -1.05. The molecule has 2 N–H and O–H groups in total. The van der Waals surface area contributed by atoms with Crippen molar-refractivity contribution in [2.45, 2.75) is 20.4 Å². The van der Waals surface area contributed by atoms with Gasteiger partial charge in [-0.25, -0.2) is 0 Å². The number of H-pyrrole nitrogens is 1. The molecule has 0 radical (unpaired) electrons. The van der Waals surface area contributed by atoms with Crippen LogP contribution in [0.2, 0.25) is 0 Å². The summed E-state index contributed by atoms with van der Waals surface area (Å²) in [5, 5.41) is 12.9. The Morgan fingerprint density at radius 2 is 2.40 bits per heavy atom. The monoisotopic (exact) mass is 225 g/mol. The first-order chi connectivity index (χ1) is 6.95. The number of hydrogen-bond donors (Lipinski definition) is 2. The lowest BCUT2D eigenvalue weighted by Gasteiger charge is -2.14. The molecule has 0 aliphatic carbocycles. The van der Waals surface area contributed by atoms with Crippen LogP contribution in [-0.2, 0) is 11.3 Å². The van der Waals surface area contributed by atoms with Gasteiger partial charge in [0.15, 0.2) is 0 Å². The molecule has 5 nitrogen and oxygen atoms in total. The topological polar surface area (TPSA) is 85.8 Å². The van der Waals surface area contributed by atoms with E-state index in [-0.39, 0.29) is 17.3 Å². The highest BCUT2D eigenvalue weighted by Gasteiger charge is 2.26. The Bertz CT molecular complexity index is 452. The van der Waals surface area contributed by atoms with Crippen LogP contribution in [0.4, 0.5) is 0 Å². The van der Waals surface area contributed by atoms with E-state index in [2.05, 4.69) is 10.3 Å². The Kier molecular flexibility index (Phi) is 3.27. The number of hydrogen-bond acceptors (Lipinski definition) is 4. The summed E-state index contributed by atoms with van der Waals surface area (Å²) >= 11 is 1.04. The average molecular weight is 225 g/mol. The van der Waals surface area contributed by atoms with E-state index in [9.17, 15) is 9.59 Å². The van der Waals surface area contributed by atoms with Gasteiger partial charge in [-0.3, -0.25) is 9.59 Å². The molecule has 6 heteroatoms. The number of aromatic amines is 1. The van der Waals surface area contributed by atoms with Crippen molar-refractivity contribution in [3.05, 3.63) is 20.7 Å². The van der Waals surface area contributed by atoms with Gasteiger partial charge in [-0.2, -0.15) is 5.26 Å². The second-order valence-corrected chi connectivity index (χ2v) is 4.44. The third kappa shape index (κ3) is 2.92. The van der Waals surface area contributed by atoms with Gasteiger partial charge in [0.25, 0.3) is 0 Å². The number of carbonyl (C=O) groups excluding carboxylic acids is 1. The van der Waals surface area contributed by atoms with Gasteiger partial charge in [0, 0.05) is 11.1 Å². The summed E-state index contributed by atoms with van der Waals surface area (Å²) in [5.41, 5.74) is -0.400. The minimum Gasteiger partial charge on any atom is -0.349 e. The maximum atomic E-state index is 11.5. The number of aromatic nitrogens is 1. The van der Waals surface area contributed by atoms with Crippen LogP contribution in [0.25, 0.3) is 0 Å². The van der Waals surface area contributed by atoms with Crippen LogP contribution in [0, 0.1) is 16.7 Å². The lowest BCUT2D eigenvalue weighted by molar-refractivity contribution is -0.126. The van der Waals surface area contributed by atoms with E-state index in [0.29, 0.717) is 5.69 Å². The first-order valence-electron chi connectivity index (χ1n) is 4.32. The predicted molar refractivity (Wildman–Crippen MR) is 56.2 cm³/mol. The summed E-state index contributed by atoms with van der Waals surface area (Å²) in [5.74, 6) is -0.350. The van der Waals surface area contributed by atoms with E-state index >= 15 is 0 Å². The first kappa shape index (κ1) is 11.5. The Hall–Kier alpha value is -1.61. The molecule has 1 heterocycles. The first-order valence-corrected chi connectivity index (χ1v) is 5.20. The van der Waals surface area contributed by atoms with Crippen LogP contribution in [0.5, 0.6) is 0 Å². The standard InChI is InChI=1S/C9H11N3O2S/c1-9(2,5-10)7(13)11-3-6-4-15-8(14)12-6/h4H,3H2,1-2H3,(H,11,13)(H,12,14). The SMILES string of the molecule is CC(C)(C#N)C(=O)NCc1csc(=O)[nH]1. The summed E-state index contributed by atoms with van der Waals surface area (Å²) in [6.07, 6.45) is 0. The molecule has 1 aromatic heterocycles. The Labute approximate surface area is 90.7 Å². The molecule has 0 saturated heterocycles. The number of rotatable bonds is 3. The van der Waals surface area contributed by atoms with Crippen LogP contribution in [0.15, 0.2) is 10.2 Å². The van der Waals surface area contributed by atoms with Crippen molar-refractivity contribution in [2.24, 2.45) is 5.41 Å². The highest BCUT2D eigenvalue weighted by molar-refractivity contribution is 7.07. The molecule has 0 bridgehead atoms.